The second-order valence-corrected chi connectivity index (χ2v) is 3.49. The van der Waals surface area contributed by atoms with Crippen molar-refractivity contribution >= 4 is 12.0 Å². The number of methoxy groups -OCH3 is 1. The van der Waals surface area contributed by atoms with Crippen LogP contribution in [0, 0.1) is 0 Å². The third kappa shape index (κ3) is 2.41. The zero-order valence-electron chi connectivity index (χ0n) is 9.47. The fraction of sp³-hybridized carbons (Fsp3) is 0.778. The van der Waals surface area contributed by atoms with E-state index in [4.69, 9.17) is 4.84 Å². The highest BCUT2D eigenvalue weighted by Crippen LogP contribution is 2.22. The second-order valence-electron chi connectivity index (χ2n) is 3.49. The monoisotopic (exact) mass is 234 g/mol. The number of amides is 2. The van der Waals surface area contributed by atoms with Gasteiger partial charge in [-0.1, -0.05) is 0 Å². The van der Waals surface area contributed by atoms with Crippen LogP contribution >= 0.6 is 0 Å². The smallest absolute Gasteiger partial charge is 0.410 e. The second kappa shape index (κ2) is 5.11. The van der Waals surface area contributed by atoms with Gasteiger partial charge in [0, 0.05) is 13.5 Å². The van der Waals surface area contributed by atoms with Crippen LogP contribution in [0.5, 0.6) is 0 Å². The average molecular weight is 234 g/mol. The number of likely N-dealkylation sites (N-methyl/N-ethyl adjacent to an activating group) is 1. The Morgan fingerprint density at radius 2 is 2.06 bits per heavy atom. The summed E-state index contributed by atoms with van der Waals surface area (Å²) in [6.07, 6.45) is -1.94. The number of rotatable bonds is 2. The van der Waals surface area contributed by atoms with Gasteiger partial charge in [0.25, 0.3) is 5.91 Å². The Balaban J connectivity index is 2.77. The van der Waals surface area contributed by atoms with Gasteiger partial charge in [-0.3, -0.25) is 14.5 Å². The molecule has 0 bridgehead atoms. The SMILES string of the molecule is COC(=O)N1C[C@H](F)C[C@H]1C(=O)N(C)OC. The molecule has 1 saturated heterocycles. The summed E-state index contributed by atoms with van der Waals surface area (Å²) in [7, 11) is 3.92. The molecule has 0 unspecified atom stereocenters. The lowest BCUT2D eigenvalue weighted by molar-refractivity contribution is -0.173. The molecular weight excluding hydrogens is 219 g/mol. The Labute approximate surface area is 92.8 Å². The Morgan fingerprint density at radius 1 is 1.44 bits per heavy atom. The molecule has 1 rings (SSSR count). The van der Waals surface area contributed by atoms with E-state index in [1.807, 2.05) is 0 Å². The van der Waals surface area contributed by atoms with Crippen molar-refractivity contribution in [3.63, 3.8) is 0 Å². The standard InChI is InChI=1S/C9H15FN2O4/c1-11(16-3)8(13)7-4-6(10)5-12(7)9(14)15-2/h6-7H,4-5H2,1-3H3/t6-,7+/m1/s1. The number of hydroxylamine groups is 2. The van der Waals surface area contributed by atoms with Crippen molar-refractivity contribution in [2.24, 2.45) is 0 Å². The van der Waals surface area contributed by atoms with Crippen molar-refractivity contribution in [2.45, 2.75) is 18.6 Å². The van der Waals surface area contributed by atoms with Crippen molar-refractivity contribution in [2.75, 3.05) is 27.8 Å². The van der Waals surface area contributed by atoms with Crippen molar-refractivity contribution in [3.8, 4) is 0 Å². The molecule has 1 heterocycles. The molecule has 1 aliphatic rings. The number of alkyl halides is 1. The molecule has 16 heavy (non-hydrogen) atoms. The van der Waals surface area contributed by atoms with Crippen molar-refractivity contribution in [3.05, 3.63) is 0 Å². The molecule has 0 aromatic heterocycles. The molecule has 0 aliphatic carbocycles. The molecule has 1 fully saturated rings. The zero-order chi connectivity index (χ0) is 12.3. The first-order valence-corrected chi connectivity index (χ1v) is 4.81. The van der Waals surface area contributed by atoms with E-state index >= 15 is 0 Å². The third-order valence-corrected chi connectivity index (χ3v) is 2.53. The molecule has 1 aliphatic heterocycles. The number of ether oxygens (including phenoxy) is 1. The van der Waals surface area contributed by atoms with Crippen LogP contribution in [-0.2, 0) is 14.4 Å². The van der Waals surface area contributed by atoms with Crippen molar-refractivity contribution < 1.29 is 23.6 Å². The lowest BCUT2D eigenvalue weighted by Gasteiger charge is -2.25. The Bertz CT molecular complexity index is 287. The van der Waals surface area contributed by atoms with Crippen LogP contribution in [0.25, 0.3) is 0 Å². The van der Waals surface area contributed by atoms with E-state index in [9.17, 15) is 14.0 Å². The maximum atomic E-state index is 13.2. The van der Waals surface area contributed by atoms with E-state index in [0.29, 0.717) is 0 Å². The van der Waals surface area contributed by atoms with Gasteiger partial charge in [0.05, 0.1) is 20.8 Å². The number of hydrogen-bond donors (Lipinski definition) is 0. The van der Waals surface area contributed by atoms with Gasteiger partial charge in [-0.05, 0) is 0 Å². The highest BCUT2D eigenvalue weighted by atomic mass is 19.1. The normalized spacial score (nSPS) is 24.4. The molecule has 2 amide bonds. The van der Waals surface area contributed by atoms with Gasteiger partial charge in [0.1, 0.15) is 12.2 Å². The fourth-order valence-corrected chi connectivity index (χ4v) is 1.64. The predicted molar refractivity (Wildman–Crippen MR) is 52.2 cm³/mol. The first-order valence-electron chi connectivity index (χ1n) is 4.81. The van der Waals surface area contributed by atoms with Gasteiger partial charge in [0.15, 0.2) is 0 Å². The summed E-state index contributed by atoms with van der Waals surface area (Å²) < 4.78 is 17.7. The zero-order valence-corrected chi connectivity index (χ0v) is 9.47. The van der Waals surface area contributed by atoms with Crippen LogP contribution < -0.4 is 0 Å². The van der Waals surface area contributed by atoms with Crippen LogP contribution in [-0.4, -0.2) is 62.0 Å². The van der Waals surface area contributed by atoms with E-state index in [1.54, 1.807) is 0 Å². The van der Waals surface area contributed by atoms with E-state index in [0.717, 1.165) is 9.96 Å². The summed E-state index contributed by atoms with van der Waals surface area (Å²) >= 11 is 0. The number of halogens is 1. The molecule has 0 saturated carbocycles. The molecule has 0 N–H and O–H groups in total. The fourth-order valence-electron chi connectivity index (χ4n) is 1.64. The molecule has 0 aromatic carbocycles. The van der Waals surface area contributed by atoms with E-state index in [1.165, 1.54) is 21.3 Å². The third-order valence-electron chi connectivity index (χ3n) is 2.53. The molecule has 0 radical (unpaired) electrons. The largest absolute Gasteiger partial charge is 0.453 e. The van der Waals surface area contributed by atoms with Crippen molar-refractivity contribution in [1.29, 1.82) is 0 Å². The van der Waals surface area contributed by atoms with Gasteiger partial charge < -0.3 is 4.74 Å². The van der Waals surface area contributed by atoms with Crippen LogP contribution in [0.4, 0.5) is 9.18 Å². The lowest BCUT2D eigenvalue weighted by atomic mass is 10.2. The number of hydrogen-bond acceptors (Lipinski definition) is 4. The Kier molecular flexibility index (Phi) is 4.05. The maximum Gasteiger partial charge on any atom is 0.410 e. The highest BCUT2D eigenvalue weighted by Gasteiger charge is 2.41. The van der Waals surface area contributed by atoms with Crippen LogP contribution in [0.15, 0.2) is 0 Å². The molecule has 0 spiro atoms. The summed E-state index contributed by atoms with van der Waals surface area (Å²) in [5.41, 5.74) is 0. The van der Waals surface area contributed by atoms with E-state index in [2.05, 4.69) is 4.74 Å². The predicted octanol–water partition coefficient (Wildman–Crippen LogP) is 0.185. The number of nitrogens with zero attached hydrogens (tertiary/aromatic N) is 2. The summed E-state index contributed by atoms with van der Waals surface area (Å²) in [5, 5.41) is 0.971. The molecule has 7 heteroatoms. The molecule has 92 valence electrons. The summed E-state index contributed by atoms with van der Waals surface area (Å²) in [6.45, 7) is -0.124. The van der Waals surface area contributed by atoms with E-state index < -0.39 is 24.2 Å². The summed E-state index contributed by atoms with van der Waals surface area (Å²) in [6, 6.07) is -0.854. The first kappa shape index (κ1) is 12.7. The lowest BCUT2D eigenvalue weighted by Crippen LogP contribution is -2.46. The van der Waals surface area contributed by atoms with E-state index in [-0.39, 0.29) is 13.0 Å². The van der Waals surface area contributed by atoms with Gasteiger partial charge >= 0.3 is 6.09 Å². The van der Waals surface area contributed by atoms with Gasteiger partial charge in [-0.15, -0.1) is 0 Å². The van der Waals surface area contributed by atoms with Gasteiger partial charge in [-0.25, -0.2) is 14.2 Å². The topological polar surface area (TPSA) is 59.1 Å². The highest BCUT2D eigenvalue weighted by molar-refractivity contribution is 5.85. The van der Waals surface area contributed by atoms with Crippen molar-refractivity contribution in [1.82, 2.24) is 9.96 Å². The number of likely N-dealkylation sites (tertiary alicyclic amines) is 1. The van der Waals surface area contributed by atoms with Crippen LogP contribution in [0.2, 0.25) is 0 Å². The average Bonchev–Trinajstić information content (AvgIpc) is 2.68. The molecule has 0 aromatic rings. The Hall–Kier alpha value is -1.37. The summed E-state index contributed by atoms with van der Waals surface area (Å²) in [5.74, 6) is -0.465. The van der Waals surface area contributed by atoms with Crippen LogP contribution in [0.3, 0.4) is 0 Å². The number of carbonyl (C=O) groups excluding carboxylic acids is 2. The minimum absolute atomic E-state index is 0.0262. The quantitative estimate of drug-likeness (QED) is 0.640. The molecule has 6 nitrogen and oxygen atoms in total. The minimum Gasteiger partial charge on any atom is -0.453 e. The minimum atomic E-state index is -1.21. The molecule has 2 atom stereocenters. The van der Waals surface area contributed by atoms with Crippen LogP contribution in [0.1, 0.15) is 6.42 Å². The van der Waals surface area contributed by atoms with Gasteiger partial charge in [0.2, 0.25) is 0 Å². The van der Waals surface area contributed by atoms with Gasteiger partial charge in [-0.2, -0.15) is 0 Å². The summed E-state index contributed by atoms with van der Waals surface area (Å²) in [4.78, 5) is 28.8. The maximum absolute atomic E-state index is 13.2. The number of carbonyl (C=O) groups is 2. The first-order chi connectivity index (χ1) is 7.51. The Morgan fingerprint density at radius 3 is 2.56 bits per heavy atom. The molecular formula is C9H15FN2O4.